The standard InChI is InChI=1S/C11H8O2S/c1-2-10-11(13-7-12-10)5-8(1)9-3-4-14-6-9/h1-6H,7H2. The Hall–Kier alpha value is -1.48. The molecule has 1 aliphatic rings. The van der Waals surface area contributed by atoms with Gasteiger partial charge < -0.3 is 9.47 Å². The summed E-state index contributed by atoms with van der Waals surface area (Å²) >= 11 is 1.70. The largest absolute Gasteiger partial charge is 0.454 e. The van der Waals surface area contributed by atoms with E-state index in [-0.39, 0.29) is 0 Å². The van der Waals surface area contributed by atoms with Crippen LogP contribution in [0.1, 0.15) is 0 Å². The van der Waals surface area contributed by atoms with E-state index in [1.807, 2.05) is 12.1 Å². The van der Waals surface area contributed by atoms with Crippen molar-refractivity contribution in [3.63, 3.8) is 0 Å². The zero-order chi connectivity index (χ0) is 9.38. The topological polar surface area (TPSA) is 18.5 Å². The Morgan fingerprint density at radius 1 is 1.00 bits per heavy atom. The van der Waals surface area contributed by atoms with Gasteiger partial charge in [0.1, 0.15) is 0 Å². The molecule has 3 heteroatoms. The first-order valence-corrected chi connectivity index (χ1v) is 5.30. The molecule has 0 unspecified atom stereocenters. The molecule has 1 aromatic carbocycles. The summed E-state index contributed by atoms with van der Waals surface area (Å²) in [5.74, 6) is 1.68. The molecule has 0 spiro atoms. The summed E-state index contributed by atoms with van der Waals surface area (Å²) in [7, 11) is 0. The predicted octanol–water partition coefficient (Wildman–Crippen LogP) is 3.14. The highest BCUT2D eigenvalue weighted by Gasteiger charge is 2.13. The summed E-state index contributed by atoms with van der Waals surface area (Å²) in [6, 6.07) is 8.12. The summed E-state index contributed by atoms with van der Waals surface area (Å²) in [6.45, 7) is 0.336. The van der Waals surface area contributed by atoms with Gasteiger partial charge in [0.25, 0.3) is 0 Å². The van der Waals surface area contributed by atoms with Crippen LogP contribution in [-0.4, -0.2) is 6.79 Å². The first-order valence-electron chi connectivity index (χ1n) is 4.36. The number of thiophene rings is 1. The lowest BCUT2D eigenvalue weighted by molar-refractivity contribution is 0.174. The van der Waals surface area contributed by atoms with Gasteiger partial charge in [0.15, 0.2) is 11.5 Å². The van der Waals surface area contributed by atoms with Crippen LogP contribution in [0.4, 0.5) is 0 Å². The fourth-order valence-electron chi connectivity index (χ4n) is 1.50. The van der Waals surface area contributed by atoms with Crippen LogP contribution >= 0.6 is 11.3 Å². The summed E-state index contributed by atoms with van der Waals surface area (Å²) in [6.07, 6.45) is 0. The molecule has 0 bridgehead atoms. The van der Waals surface area contributed by atoms with Crippen LogP contribution in [0.5, 0.6) is 11.5 Å². The van der Waals surface area contributed by atoms with Crippen molar-refractivity contribution in [2.45, 2.75) is 0 Å². The summed E-state index contributed by atoms with van der Waals surface area (Å²) in [5, 5.41) is 4.19. The van der Waals surface area contributed by atoms with Gasteiger partial charge in [-0.2, -0.15) is 11.3 Å². The van der Waals surface area contributed by atoms with Crippen LogP contribution in [0.25, 0.3) is 11.1 Å². The lowest BCUT2D eigenvalue weighted by Gasteiger charge is -1.99. The first-order chi connectivity index (χ1) is 6.93. The van der Waals surface area contributed by atoms with Crippen molar-refractivity contribution in [2.24, 2.45) is 0 Å². The summed E-state index contributed by atoms with van der Waals surface area (Å²) in [4.78, 5) is 0. The molecule has 0 aliphatic carbocycles. The third-order valence-corrected chi connectivity index (χ3v) is 2.91. The normalized spacial score (nSPS) is 13.1. The molecule has 0 saturated carbocycles. The number of hydrogen-bond acceptors (Lipinski definition) is 3. The Balaban J connectivity index is 2.09. The Morgan fingerprint density at radius 3 is 2.79 bits per heavy atom. The highest BCUT2D eigenvalue weighted by Crippen LogP contribution is 2.36. The van der Waals surface area contributed by atoms with Crippen LogP contribution in [-0.2, 0) is 0 Å². The van der Waals surface area contributed by atoms with Crippen molar-refractivity contribution >= 4 is 11.3 Å². The molecular weight excluding hydrogens is 196 g/mol. The third-order valence-electron chi connectivity index (χ3n) is 2.23. The van der Waals surface area contributed by atoms with Crippen LogP contribution < -0.4 is 9.47 Å². The van der Waals surface area contributed by atoms with E-state index in [4.69, 9.17) is 9.47 Å². The summed E-state index contributed by atoms with van der Waals surface area (Å²) in [5.41, 5.74) is 2.41. The van der Waals surface area contributed by atoms with Crippen LogP contribution in [0.3, 0.4) is 0 Å². The third kappa shape index (κ3) is 1.17. The van der Waals surface area contributed by atoms with Crippen molar-refractivity contribution in [1.82, 2.24) is 0 Å². The minimum absolute atomic E-state index is 0.336. The maximum absolute atomic E-state index is 5.32. The lowest BCUT2D eigenvalue weighted by Crippen LogP contribution is -1.92. The van der Waals surface area contributed by atoms with E-state index in [0.29, 0.717) is 6.79 Å². The van der Waals surface area contributed by atoms with Gasteiger partial charge in [-0.3, -0.25) is 0 Å². The number of hydrogen-bond donors (Lipinski definition) is 0. The number of fused-ring (bicyclic) bond motifs is 1. The molecule has 3 rings (SSSR count). The van der Waals surface area contributed by atoms with Gasteiger partial charge in [-0.25, -0.2) is 0 Å². The van der Waals surface area contributed by atoms with Crippen molar-refractivity contribution < 1.29 is 9.47 Å². The van der Waals surface area contributed by atoms with Gasteiger partial charge in [0.05, 0.1) is 0 Å². The van der Waals surface area contributed by atoms with E-state index in [0.717, 1.165) is 11.5 Å². The molecule has 2 heterocycles. The number of rotatable bonds is 1. The molecule has 14 heavy (non-hydrogen) atoms. The van der Waals surface area contributed by atoms with Gasteiger partial charge in [0, 0.05) is 0 Å². The molecule has 0 saturated heterocycles. The second-order valence-electron chi connectivity index (χ2n) is 3.08. The maximum Gasteiger partial charge on any atom is 0.231 e. The van der Waals surface area contributed by atoms with Crippen molar-refractivity contribution in [3.8, 4) is 22.6 Å². The SMILES string of the molecule is c1cc(-c2ccc3c(c2)OCO3)cs1. The highest BCUT2D eigenvalue weighted by atomic mass is 32.1. The fraction of sp³-hybridized carbons (Fsp3) is 0.0909. The minimum Gasteiger partial charge on any atom is -0.454 e. The molecular formula is C11H8O2S. The Labute approximate surface area is 85.7 Å². The zero-order valence-electron chi connectivity index (χ0n) is 7.40. The monoisotopic (exact) mass is 204 g/mol. The quantitative estimate of drug-likeness (QED) is 0.710. The molecule has 1 aliphatic heterocycles. The minimum atomic E-state index is 0.336. The molecule has 2 aromatic rings. The average molecular weight is 204 g/mol. The molecule has 2 nitrogen and oxygen atoms in total. The Morgan fingerprint density at radius 2 is 1.93 bits per heavy atom. The number of ether oxygens (including phenoxy) is 2. The molecule has 1 aromatic heterocycles. The molecule has 0 atom stereocenters. The average Bonchev–Trinajstić information content (AvgIpc) is 2.88. The van der Waals surface area contributed by atoms with Crippen molar-refractivity contribution in [2.75, 3.05) is 6.79 Å². The molecule has 70 valence electrons. The zero-order valence-corrected chi connectivity index (χ0v) is 8.21. The smallest absolute Gasteiger partial charge is 0.231 e. The second kappa shape index (κ2) is 3.03. The van der Waals surface area contributed by atoms with E-state index in [9.17, 15) is 0 Å². The summed E-state index contributed by atoms with van der Waals surface area (Å²) < 4.78 is 10.6. The van der Waals surface area contributed by atoms with Gasteiger partial charge in [0.2, 0.25) is 6.79 Å². The fourth-order valence-corrected chi connectivity index (χ4v) is 2.17. The van der Waals surface area contributed by atoms with Gasteiger partial charge in [-0.1, -0.05) is 6.07 Å². The van der Waals surface area contributed by atoms with Gasteiger partial charge in [-0.05, 0) is 40.1 Å². The molecule has 0 N–H and O–H groups in total. The van der Waals surface area contributed by atoms with E-state index in [2.05, 4.69) is 22.9 Å². The first kappa shape index (κ1) is 7.88. The van der Waals surface area contributed by atoms with Gasteiger partial charge in [-0.15, -0.1) is 0 Å². The molecule has 0 radical (unpaired) electrons. The van der Waals surface area contributed by atoms with Gasteiger partial charge >= 0.3 is 0 Å². The van der Waals surface area contributed by atoms with Crippen LogP contribution in [0, 0.1) is 0 Å². The molecule has 0 fully saturated rings. The Bertz CT molecular complexity index is 448. The second-order valence-corrected chi connectivity index (χ2v) is 3.86. The van der Waals surface area contributed by atoms with E-state index >= 15 is 0 Å². The molecule has 0 amide bonds. The highest BCUT2D eigenvalue weighted by molar-refractivity contribution is 7.08. The van der Waals surface area contributed by atoms with E-state index in [1.165, 1.54) is 11.1 Å². The predicted molar refractivity (Wildman–Crippen MR) is 55.9 cm³/mol. The van der Waals surface area contributed by atoms with Crippen LogP contribution in [0.2, 0.25) is 0 Å². The van der Waals surface area contributed by atoms with Crippen molar-refractivity contribution in [1.29, 1.82) is 0 Å². The lowest BCUT2D eigenvalue weighted by atomic mass is 10.1. The number of benzene rings is 1. The van der Waals surface area contributed by atoms with Crippen molar-refractivity contribution in [3.05, 3.63) is 35.0 Å². The Kier molecular flexibility index (Phi) is 1.70. The van der Waals surface area contributed by atoms with Crippen LogP contribution in [0.15, 0.2) is 35.0 Å². The van der Waals surface area contributed by atoms with E-state index < -0.39 is 0 Å². The van der Waals surface area contributed by atoms with E-state index in [1.54, 1.807) is 11.3 Å². The maximum atomic E-state index is 5.32.